The van der Waals surface area contributed by atoms with E-state index in [2.05, 4.69) is 15.6 Å². The Balaban J connectivity index is 1.79. The zero-order valence-corrected chi connectivity index (χ0v) is 12.5. The number of carbonyl (C=O) groups excluding carboxylic acids is 1. The van der Waals surface area contributed by atoms with Gasteiger partial charge in [0, 0.05) is 25.3 Å². The molecule has 112 valence electrons. The van der Waals surface area contributed by atoms with Crippen LogP contribution < -0.4 is 10.6 Å². The molecule has 0 saturated carbocycles. The third-order valence-corrected chi connectivity index (χ3v) is 4.07. The number of carbonyl (C=O) groups is 1. The highest BCUT2D eigenvalue weighted by Crippen LogP contribution is 2.23. The lowest BCUT2D eigenvalue weighted by Gasteiger charge is -2.20. The number of aryl methyl sites for hydroxylation is 1. The van der Waals surface area contributed by atoms with E-state index < -0.39 is 0 Å². The minimum absolute atomic E-state index is 0.148. The van der Waals surface area contributed by atoms with Gasteiger partial charge in [-0.25, -0.2) is 0 Å². The third kappa shape index (κ3) is 3.01. The molecule has 21 heavy (non-hydrogen) atoms. The van der Waals surface area contributed by atoms with E-state index in [1.165, 1.54) is 0 Å². The van der Waals surface area contributed by atoms with Crippen LogP contribution >= 0.6 is 0 Å². The summed E-state index contributed by atoms with van der Waals surface area (Å²) >= 11 is 0. The SMILES string of the molecule is Cc1cccc(NCC2=NCCN2)c1C(=O)N1CCCC1. The maximum absolute atomic E-state index is 12.7. The average molecular weight is 286 g/mol. The maximum Gasteiger partial charge on any atom is 0.256 e. The molecule has 1 aromatic carbocycles. The Kier molecular flexibility index (Phi) is 4.08. The number of likely N-dealkylation sites (tertiary alicyclic amines) is 1. The molecule has 5 nitrogen and oxygen atoms in total. The Morgan fingerprint density at radius 1 is 1.38 bits per heavy atom. The minimum Gasteiger partial charge on any atom is -0.377 e. The van der Waals surface area contributed by atoms with E-state index in [0.717, 1.165) is 61.7 Å². The van der Waals surface area contributed by atoms with Gasteiger partial charge in [-0.15, -0.1) is 0 Å². The van der Waals surface area contributed by atoms with Crippen molar-refractivity contribution in [3.63, 3.8) is 0 Å². The summed E-state index contributed by atoms with van der Waals surface area (Å²) in [4.78, 5) is 19.1. The van der Waals surface area contributed by atoms with E-state index >= 15 is 0 Å². The molecule has 3 rings (SSSR count). The van der Waals surface area contributed by atoms with Crippen LogP contribution in [0.4, 0.5) is 5.69 Å². The number of rotatable bonds is 4. The Hall–Kier alpha value is -2.04. The molecule has 1 amide bonds. The molecule has 1 saturated heterocycles. The summed E-state index contributed by atoms with van der Waals surface area (Å²) in [5, 5.41) is 6.60. The van der Waals surface area contributed by atoms with Gasteiger partial charge in [0.15, 0.2) is 0 Å². The summed E-state index contributed by atoms with van der Waals surface area (Å²) in [5.41, 5.74) is 2.74. The number of amides is 1. The lowest BCUT2D eigenvalue weighted by molar-refractivity contribution is 0.0793. The Bertz CT molecular complexity index is 561. The number of hydrogen-bond donors (Lipinski definition) is 2. The quantitative estimate of drug-likeness (QED) is 0.885. The van der Waals surface area contributed by atoms with Crippen molar-refractivity contribution in [1.82, 2.24) is 10.2 Å². The number of amidine groups is 1. The van der Waals surface area contributed by atoms with Gasteiger partial charge >= 0.3 is 0 Å². The Morgan fingerprint density at radius 2 is 2.19 bits per heavy atom. The molecule has 5 heteroatoms. The van der Waals surface area contributed by atoms with Crippen LogP contribution in [-0.4, -0.2) is 49.4 Å². The number of nitrogens with zero attached hydrogens (tertiary/aromatic N) is 2. The number of nitrogens with one attached hydrogen (secondary N) is 2. The summed E-state index contributed by atoms with van der Waals surface area (Å²) in [7, 11) is 0. The molecular weight excluding hydrogens is 264 g/mol. The van der Waals surface area contributed by atoms with Crippen LogP contribution in [-0.2, 0) is 0 Å². The molecule has 0 bridgehead atoms. The molecule has 2 aliphatic rings. The lowest BCUT2D eigenvalue weighted by atomic mass is 10.0. The Labute approximate surface area is 125 Å². The lowest BCUT2D eigenvalue weighted by Crippen LogP contribution is -2.30. The summed E-state index contributed by atoms with van der Waals surface area (Å²) in [6.45, 7) is 6.14. The molecular formula is C16H22N4O. The van der Waals surface area contributed by atoms with Gasteiger partial charge in [-0.05, 0) is 31.4 Å². The molecule has 0 unspecified atom stereocenters. The van der Waals surface area contributed by atoms with Crippen molar-refractivity contribution in [2.75, 3.05) is 38.0 Å². The molecule has 0 aliphatic carbocycles. The number of benzene rings is 1. The largest absolute Gasteiger partial charge is 0.377 e. The van der Waals surface area contributed by atoms with E-state index in [-0.39, 0.29) is 5.91 Å². The second-order valence-electron chi connectivity index (χ2n) is 5.61. The van der Waals surface area contributed by atoms with Crippen LogP contribution in [0.25, 0.3) is 0 Å². The molecule has 0 aromatic heterocycles. The average Bonchev–Trinajstić information content (AvgIpc) is 3.17. The Morgan fingerprint density at radius 3 is 2.90 bits per heavy atom. The molecule has 0 spiro atoms. The topological polar surface area (TPSA) is 56.7 Å². The number of hydrogen-bond acceptors (Lipinski definition) is 4. The fourth-order valence-corrected chi connectivity index (χ4v) is 2.92. The van der Waals surface area contributed by atoms with Crippen LogP contribution in [0.2, 0.25) is 0 Å². The first kappa shape index (κ1) is 13.9. The van der Waals surface area contributed by atoms with Gasteiger partial charge in [0.2, 0.25) is 0 Å². The van der Waals surface area contributed by atoms with Crippen molar-refractivity contribution >= 4 is 17.4 Å². The van der Waals surface area contributed by atoms with Crippen LogP contribution in [0.3, 0.4) is 0 Å². The molecule has 0 radical (unpaired) electrons. The van der Waals surface area contributed by atoms with Gasteiger partial charge in [-0.1, -0.05) is 12.1 Å². The van der Waals surface area contributed by atoms with E-state index in [9.17, 15) is 4.79 Å². The van der Waals surface area contributed by atoms with Gasteiger partial charge in [0.25, 0.3) is 5.91 Å². The molecule has 1 fully saturated rings. The van der Waals surface area contributed by atoms with Crippen molar-refractivity contribution in [3.05, 3.63) is 29.3 Å². The highest BCUT2D eigenvalue weighted by Gasteiger charge is 2.23. The van der Waals surface area contributed by atoms with Crippen molar-refractivity contribution < 1.29 is 4.79 Å². The predicted octanol–water partition coefficient (Wildman–Crippen LogP) is 1.64. The highest BCUT2D eigenvalue weighted by molar-refractivity contribution is 6.01. The molecule has 1 aromatic rings. The first-order valence-electron chi connectivity index (χ1n) is 7.65. The molecule has 2 aliphatic heterocycles. The van der Waals surface area contributed by atoms with Gasteiger partial charge in [-0.2, -0.15) is 0 Å². The summed E-state index contributed by atoms with van der Waals surface area (Å²) in [5.74, 6) is 1.12. The number of anilines is 1. The van der Waals surface area contributed by atoms with Crippen LogP contribution in [0.15, 0.2) is 23.2 Å². The van der Waals surface area contributed by atoms with Crippen molar-refractivity contribution in [1.29, 1.82) is 0 Å². The van der Waals surface area contributed by atoms with E-state index in [0.29, 0.717) is 6.54 Å². The fourth-order valence-electron chi connectivity index (χ4n) is 2.92. The van der Waals surface area contributed by atoms with Gasteiger partial charge in [0.05, 0.1) is 18.7 Å². The van der Waals surface area contributed by atoms with Gasteiger partial charge in [0.1, 0.15) is 5.84 Å². The minimum atomic E-state index is 0.148. The predicted molar refractivity (Wildman–Crippen MR) is 85.1 cm³/mol. The van der Waals surface area contributed by atoms with Crippen molar-refractivity contribution in [2.24, 2.45) is 4.99 Å². The smallest absolute Gasteiger partial charge is 0.256 e. The highest BCUT2D eigenvalue weighted by atomic mass is 16.2. The number of aliphatic imine (C=N–C) groups is 1. The van der Waals surface area contributed by atoms with E-state index in [1.54, 1.807) is 0 Å². The summed E-state index contributed by atoms with van der Waals surface area (Å²) < 4.78 is 0. The molecule has 0 atom stereocenters. The van der Waals surface area contributed by atoms with Crippen molar-refractivity contribution in [3.8, 4) is 0 Å². The third-order valence-electron chi connectivity index (χ3n) is 4.07. The molecule has 2 heterocycles. The summed E-state index contributed by atoms with van der Waals surface area (Å²) in [6, 6.07) is 5.97. The van der Waals surface area contributed by atoms with E-state index in [1.807, 2.05) is 30.0 Å². The second kappa shape index (κ2) is 6.16. The maximum atomic E-state index is 12.7. The molecule has 2 N–H and O–H groups in total. The monoisotopic (exact) mass is 286 g/mol. The standard InChI is InChI=1S/C16H22N4O/c1-12-5-4-6-13(19-11-14-17-7-8-18-14)15(12)16(21)20-9-2-3-10-20/h4-6,19H,2-3,7-11H2,1H3,(H,17,18). The summed E-state index contributed by atoms with van der Waals surface area (Å²) in [6.07, 6.45) is 2.22. The van der Waals surface area contributed by atoms with E-state index in [4.69, 9.17) is 0 Å². The first-order valence-corrected chi connectivity index (χ1v) is 7.65. The first-order chi connectivity index (χ1) is 10.3. The van der Waals surface area contributed by atoms with Crippen LogP contribution in [0.5, 0.6) is 0 Å². The normalized spacial score (nSPS) is 17.6. The van der Waals surface area contributed by atoms with Crippen molar-refractivity contribution in [2.45, 2.75) is 19.8 Å². The van der Waals surface area contributed by atoms with Gasteiger partial charge in [-0.3, -0.25) is 9.79 Å². The van der Waals surface area contributed by atoms with Gasteiger partial charge < -0.3 is 15.5 Å². The fraction of sp³-hybridized carbons (Fsp3) is 0.500. The zero-order chi connectivity index (χ0) is 14.7. The zero-order valence-electron chi connectivity index (χ0n) is 12.5. The van der Waals surface area contributed by atoms with Crippen LogP contribution in [0, 0.1) is 6.92 Å². The van der Waals surface area contributed by atoms with Crippen LogP contribution in [0.1, 0.15) is 28.8 Å². The second-order valence-corrected chi connectivity index (χ2v) is 5.61.